The second-order valence-corrected chi connectivity index (χ2v) is 5.32. The van der Waals surface area contributed by atoms with Gasteiger partial charge in [0.1, 0.15) is 0 Å². The molecule has 0 aliphatic heterocycles. The van der Waals surface area contributed by atoms with Gasteiger partial charge in [0.2, 0.25) is 0 Å². The SMILES string of the molecule is CN(C)c1ccc(C2(CC(=O)O)CC2)cc1Cl. The fourth-order valence-corrected chi connectivity index (χ4v) is 2.56. The van der Waals surface area contributed by atoms with Crippen molar-refractivity contribution in [1.82, 2.24) is 0 Å². The van der Waals surface area contributed by atoms with E-state index in [1.807, 2.05) is 37.2 Å². The van der Waals surface area contributed by atoms with Gasteiger partial charge >= 0.3 is 5.97 Å². The molecule has 0 aromatic heterocycles. The van der Waals surface area contributed by atoms with Gasteiger partial charge < -0.3 is 10.0 Å². The summed E-state index contributed by atoms with van der Waals surface area (Å²) in [5, 5.41) is 9.61. The van der Waals surface area contributed by atoms with E-state index in [0.29, 0.717) is 5.02 Å². The molecular weight excluding hydrogens is 238 g/mol. The van der Waals surface area contributed by atoms with E-state index in [1.54, 1.807) is 0 Å². The highest BCUT2D eigenvalue weighted by Crippen LogP contribution is 2.51. The summed E-state index contributed by atoms with van der Waals surface area (Å²) < 4.78 is 0. The molecule has 1 aliphatic rings. The fraction of sp³-hybridized carbons (Fsp3) is 0.462. The predicted molar refractivity (Wildman–Crippen MR) is 68.9 cm³/mol. The van der Waals surface area contributed by atoms with Crippen molar-refractivity contribution in [3.8, 4) is 0 Å². The minimum absolute atomic E-state index is 0.166. The molecule has 0 amide bonds. The third-order valence-corrected chi connectivity index (χ3v) is 3.69. The lowest BCUT2D eigenvalue weighted by Gasteiger charge is -2.18. The summed E-state index contributed by atoms with van der Waals surface area (Å²) >= 11 is 6.21. The Bertz CT molecular complexity index is 453. The van der Waals surface area contributed by atoms with Crippen LogP contribution in [0.3, 0.4) is 0 Å². The van der Waals surface area contributed by atoms with Crippen molar-refractivity contribution in [3.05, 3.63) is 28.8 Å². The Kier molecular flexibility index (Phi) is 3.04. The molecule has 3 nitrogen and oxygen atoms in total. The van der Waals surface area contributed by atoms with Crippen LogP contribution in [0.15, 0.2) is 18.2 Å². The van der Waals surface area contributed by atoms with Gasteiger partial charge in [-0.15, -0.1) is 0 Å². The lowest BCUT2D eigenvalue weighted by atomic mass is 9.92. The molecule has 0 atom stereocenters. The maximum Gasteiger partial charge on any atom is 0.304 e. The first-order valence-corrected chi connectivity index (χ1v) is 6.01. The molecule has 0 radical (unpaired) electrons. The van der Waals surface area contributed by atoms with Gasteiger partial charge in [-0.05, 0) is 30.5 Å². The number of carboxylic acid groups (broad SMARTS) is 1. The first-order valence-electron chi connectivity index (χ1n) is 5.64. The number of hydrogen-bond acceptors (Lipinski definition) is 2. The summed E-state index contributed by atoms with van der Waals surface area (Å²) in [6.45, 7) is 0. The third kappa shape index (κ3) is 2.39. The van der Waals surface area contributed by atoms with Gasteiger partial charge in [0.25, 0.3) is 0 Å². The van der Waals surface area contributed by atoms with Crippen molar-refractivity contribution in [2.45, 2.75) is 24.7 Å². The zero-order valence-corrected chi connectivity index (χ0v) is 10.8. The highest BCUT2D eigenvalue weighted by atomic mass is 35.5. The van der Waals surface area contributed by atoms with Crippen LogP contribution in [0.1, 0.15) is 24.8 Å². The highest BCUT2D eigenvalue weighted by molar-refractivity contribution is 6.33. The zero-order valence-electron chi connectivity index (χ0n) is 10.0. The number of halogens is 1. The number of anilines is 1. The van der Waals surface area contributed by atoms with Gasteiger partial charge in [0, 0.05) is 19.5 Å². The summed E-state index contributed by atoms with van der Waals surface area (Å²) in [6.07, 6.45) is 2.08. The molecule has 1 N–H and O–H groups in total. The van der Waals surface area contributed by atoms with E-state index in [1.165, 1.54) is 0 Å². The number of hydrogen-bond donors (Lipinski definition) is 1. The molecule has 1 fully saturated rings. The molecule has 17 heavy (non-hydrogen) atoms. The Morgan fingerprint density at radius 3 is 2.53 bits per heavy atom. The molecule has 0 unspecified atom stereocenters. The zero-order chi connectivity index (χ0) is 12.6. The molecule has 0 heterocycles. The Morgan fingerprint density at radius 2 is 2.12 bits per heavy atom. The molecule has 1 aromatic rings. The Morgan fingerprint density at radius 1 is 1.47 bits per heavy atom. The summed E-state index contributed by atoms with van der Waals surface area (Å²) in [4.78, 5) is 12.8. The summed E-state index contributed by atoms with van der Waals surface area (Å²) in [6, 6.07) is 5.86. The number of carbonyl (C=O) groups is 1. The van der Waals surface area contributed by atoms with Crippen molar-refractivity contribution in [2.75, 3.05) is 19.0 Å². The highest BCUT2D eigenvalue weighted by Gasteiger charge is 2.46. The van der Waals surface area contributed by atoms with E-state index in [4.69, 9.17) is 16.7 Å². The number of benzene rings is 1. The minimum Gasteiger partial charge on any atom is -0.481 e. The molecule has 92 valence electrons. The fourth-order valence-electron chi connectivity index (χ4n) is 2.21. The van der Waals surface area contributed by atoms with Crippen LogP contribution in [0, 0.1) is 0 Å². The summed E-state index contributed by atoms with van der Waals surface area (Å²) in [5.74, 6) is -0.740. The average Bonchev–Trinajstić information content (AvgIpc) is 2.97. The molecule has 0 spiro atoms. The van der Waals surface area contributed by atoms with Crippen molar-refractivity contribution >= 4 is 23.3 Å². The van der Waals surface area contributed by atoms with Crippen LogP contribution in [0.2, 0.25) is 5.02 Å². The Balaban J connectivity index is 2.29. The van der Waals surface area contributed by atoms with E-state index in [2.05, 4.69) is 0 Å². The van der Waals surface area contributed by atoms with Gasteiger partial charge in [0.15, 0.2) is 0 Å². The van der Waals surface area contributed by atoms with Crippen LogP contribution in [-0.4, -0.2) is 25.2 Å². The van der Waals surface area contributed by atoms with Crippen LogP contribution < -0.4 is 4.90 Å². The molecule has 2 rings (SSSR count). The topological polar surface area (TPSA) is 40.5 Å². The van der Waals surface area contributed by atoms with Crippen LogP contribution in [0.4, 0.5) is 5.69 Å². The molecule has 1 aliphatic carbocycles. The summed E-state index contributed by atoms with van der Waals surface area (Å²) in [7, 11) is 3.87. The van der Waals surface area contributed by atoms with Crippen LogP contribution in [0.25, 0.3) is 0 Å². The van der Waals surface area contributed by atoms with Gasteiger partial charge in [-0.2, -0.15) is 0 Å². The van der Waals surface area contributed by atoms with Crippen LogP contribution in [-0.2, 0) is 10.2 Å². The summed E-state index contributed by atoms with van der Waals surface area (Å²) in [5.41, 5.74) is 1.84. The quantitative estimate of drug-likeness (QED) is 0.897. The second-order valence-electron chi connectivity index (χ2n) is 4.91. The molecule has 0 bridgehead atoms. The largest absolute Gasteiger partial charge is 0.481 e. The molecule has 1 saturated carbocycles. The molecular formula is C13H16ClNO2. The van der Waals surface area contributed by atoms with Crippen molar-refractivity contribution in [2.24, 2.45) is 0 Å². The maximum absolute atomic E-state index is 10.8. The molecule has 4 heteroatoms. The van der Waals surface area contributed by atoms with Crippen molar-refractivity contribution < 1.29 is 9.90 Å². The van der Waals surface area contributed by atoms with Gasteiger partial charge in [-0.1, -0.05) is 17.7 Å². The van der Waals surface area contributed by atoms with E-state index < -0.39 is 5.97 Å². The van der Waals surface area contributed by atoms with Crippen LogP contribution >= 0.6 is 11.6 Å². The van der Waals surface area contributed by atoms with E-state index >= 15 is 0 Å². The second kappa shape index (κ2) is 4.22. The predicted octanol–water partition coefficient (Wildman–Crippen LogP) is 2.91. The van der Waals surface area contributed by atoms with Gasteiger partial charge in [-0.25, -0.2) is 0 Å². The number of rotatable bonds is 4. The molecule has 0 saturated heterocycles. The van der Waals surface area contributed by atoms with E-state index in [0.717, 1.165) is 24.1 Å². The van der Waals surface area contributed by atoms with Gasteiger partial charge in [-0.3, -0.25) is 4.79 Å². The Labute approximate surface area is 106 Å². The monoisotopic (exact) mass is 253 g/mol. The third-order valence-electron chi connectivity index (χ3n) is 3.39. The number of carboxylic acids is 1. The van der Waals surface area contributed by atoms with E-state index in [-0.39, 0.29) is 11.8 Å². The minimum atomic E-state index is -0.740. The average molecular weight is 254 g/mol. The first-order chi connectivity index (χ1) is 7.94. The smallest absolute Gasteiger partial charge is 0.304 e. The Hall–Kier alpha value is -1.22. The van der Waals surface area contributed by atoms with Crippen LogP contribution in [0.5, 0.6) is 0 Å². The van der Waals surface area contributed by atoms with E-state index in [9.17, 15) is 4.79 Å². The number of aliphatic carboxylic acids is 1. The first kappa shape index (κ1) is 12.2. The maximum atomic E-state index is 10.8. The molecule has 1 aromatic carbocycles. The number of nitrogens with zero attached hydrogens (tertiary/aromatic N) is 1. The van der Waals surface area contributed by atoms with Crippen molar-refractivity contribution in [1.29, 1.82) is 0 Å². The van der Waals surface area contributed by atoms with Gasteiger partial charge in [0.05, 0.1) is 17.1 Å². The normalized spacial score (nSPS) is 16.6. The van der Waals surface area contributed by atoms with Crippen molar-refractivity contribution in [3.63, 3.8) is 0 Å². The lowest BCUT2D eigenvalue weighted by Crippen LogP contribution is -2.14. The lowest BCUT2D eigenvalue weighted by molar-refractivity contribution is -0.137. The standard InChI is InChI=1S/C13H16ClNO2/c1-15(2)11-4-3-9(7-10(11)14)13(5-6-13)8-12(16)17/h3-4,7H,5-6,8H2,1-2H3,(H,16,17).